The predicted octanol–water partition coefficient (Wildman–Crippen LogP) is 5.28. The largest absolute Gasteiger partial charge is 0.465 e. The van der Waals surface area contributed by atoms with E-state index >= 15 is 0 Å². The topological polar surface area (TPSA) is 59.0 Å². The number of carbonyl (C=O) groups is 2. The third-order valence-corrected chi connectivity index (χ3v) is 5.69. The Morgan fingerprint density at radius 1 is 0.968 bits per heavy atom. The number of rotatable bonds is 5. The van der Waals surface area contributed by atoms with Crippen molar-refractivity contribution in [2.24, 2.45) is 4.99 Å². The van der Waals surface area contributed by atoms with Crippen molar-refractivity contribution >= 4 is 40.6 Å². The van der Waals surface area contributed by atoms with Crippen LogP contribution in [0.1, 0.15) is 21.5 Å². The fourth-order valence-corrected chi connectivity index (χ4v) is 4.09. The van der Waals surface area contributed by atoms with Gasteiger partial charge in [0.2, 0.25) is 0 Å². The molecule has 154 valence electrons. The molecular formula is C25H20N2O3S. The van der Waals surface area contributed by atoms with E-state index in [0.29, 0.717) is 22.2 Å². The Kier molecular flexibility index (Phi) is 6.29. The van der Waals surface area contributed by atoms with Crippen LogP contribution in [0, 0.1) is 0 Å². The lowest BCUT2D eigenvalue weighted by molar-refractivity contribution is -0.122. The van der Waals surface area contributed by atoms with Crippen LogP contribution >= 0.6 is 11.8 Å². The first-order valence-corrected chi connectivity index (χ1v) is 10.5. The van der Waals surface area contributed by atoms with E-state index in [1.807, 2.05) is 66.7 Å². The molecule has 4 rings (SSSR count). The van der Waals surface area contributed by atoms with Crippen LogP contribution in [-0.4, -0.2) is 29.1 Å². The highest BCUT2D eigenvalue weighted by molar-refractivity contribution is 8.18. The van der Waals surface area contributed by atoms with E-state index in [2.05, 4.69) is 0 Å². The predicted molar refractivity (Wildman–Crippen MR) is 124 cm³/mol. The molecule has 0 N–H and O–H groups in total. The summed E-state index contributed by atoms with van der Waals surface area (Å²) < 4.78 is 4.73. The number of hydrogen-bond acceptors (Lipinski definition) is 5. The summed E-state index contributed by atoms with van der Waals surface area (Å²) in [6, 6.07) is 26.4. The highest BCUT2D eigenvalue weighted by atomic mass is 32.2. The molecule has 5 nitrogen and oxygen atoms in total. The number of esters is 1. The maximum Gasteiger partial charge on any atom is 0.337 e. The van der Waals surface area contributed by atoms with Gasteiger partial charge in [-0.05, 0) is 53.2 Å². The van der Waals surface area contributed by atoms with Gasteiger partial charge in [-0.2, -0.15) is 0 Å². The number of amidine groups is 1. The molecule has 0 aromatic heterocycles. The molecule has 3 aromatic rings. The van der Waals surface area contributed by atoms with Gasteiger partial charge in [-0.25, -0.2) is 9.79 Å². The Labute approximate surface area is 185 Å². The second-order valence-corrected chi connectivity index (χ2v) is 7.84. The van der Waals surface area contributed by atoms with E-state index in [1.165, 1.54) is 18.9 Å². The summed E-state index contributed by atoms with van der Waals surface area (Å²) in [5, 5.41) is 0.637. The van der Waals surface area contributed by atoms with Gasteiger partial charge in [0.1, 0.15) is 0 Å². The number of ether oxygens (including phenoxy) is 1. The maximum absolute atomic E-state index is 13.2. The van der Waals surface area contributed by atoms with E-state index < -0.39 is 5.97 Å². The van der Waals surface area contributed by atoms with Crippen LogP contribution < -0.4 is 0 Å². The number of carbonyl (C=O) groups excluding carboxylic acids is 2. The molecule has 1 heterocycles. The first kappa shape index (κ1) is 20.6. The van der Waals surface area contributed by atoms with E-state index in [1.54, 1.807) is 29.2 Å². The van der Waals surface area contributed by atoms with Gasteiger partial charge in [0, 0.05) is 0 Å². The normalized spacial score (nSPS) is 16.2. The van der Waals surface area contributed by atoms with Crippen LogP contribution in [0.2, 0.25) is 0 Å². The molecule has 0 atom stereocenters. The molecule has 1 amide bonds. The average Bonchev–Trinajstić information content (AvgIpc) is 3.09. The minimum atomic E-state index is -0.392. The molecule has 1 fully saturated rings. The molecule has 0 unspecified atom stereocenters. The number of thioether (sulfide) groups is 1. The summed E-state index contributed by atoms with van der Waals surface area (Å²) in [4.78, 5) is 31.8. The number of amides is 1. The SMILES string of the molecule is COC(=O)c1ccc(C=C2SC(=Nc3ccccc3)N(Cc3ccccc3)C2=O)cc1. The van der Waals surface area contributed by atoms with Crippen molar-refractivity contribution in [2.75, 3.05) is 7.11 Å². The zero-order chi connectivity index (χ0) is 21.6. The first-order valence-electron chi connectivity index (χ1n) is 9.71. The minimum Gasteiger partial charge on any atom is -0.465 e. The Bertz CT molecular complexity index is 1140. The number of methoxy groups -OCH3 is 1. The summed E-state index contributed by atoms with van der Waals surface area (Å²) in [6.45, 7) is 0.441. The van der Waals surface area contributed by atoms with Crippen molar-refractivity contribution < 1.29 is 14.3 Å². The third kappa shape index (κ3) is 4.92. The van der Waals surface area contributed by atoms with E-state index in [-0.39, 0.29) is 5.91 Å². The third-order valence-electron chi connectivity index (χ3n) is 4.68. The number of benzene rings is 3. The van der Waals surface area contributed by atoms with Crippen molar-refractivity contribution in [3.63, 3.8) is 0 Å². The molecule has 0 spiro atoms. The summed E-state index contributed by atoms with van der Waals surface area (Å²) in [5.41, 5.74) is 3.11. The smallest absolute Gasteiger partial charge is 0.337 e. The molecule has 3 aromatic carbocycles. The Balaban J connectivity index is 1.65. The van der Waals surface area contributed by atoms with Crippen LogP contribution in [0.25, 0.3) is 6.08 Å². The van der Waals surface area contributed by atoms with Crippen molar-refractivity contribution in [1.29, 1.82) is 0 Å². The molecule has 31 heavy (non-hydrogen) atoms. The fraction of sp³-hybridized carbons (Fsp3) is 0.0800. The number of aliphatic imine (C=N–C) groups is 1. The number of para-hydroxylation sites is 1. The molecule has 1 aliphatic heterocycles. The molecule has 0 aliphatic carbocycles. The molecule has 0 saturated carbocycles. The first-order chi connectivity index (χ1) is 15.1. The quantitative estimate of drug-likeness (QED) is 0.410. The van der Waals surface area contributed by atoms with Crippen LogP contribution in [-0.2, 0) is 16.1 Å². The summed E-state index contributed by atoms with van der Waals surface area (Å²) in [6.07, 6.45) is 1.82. The summed E-state index contributed by atoms with van der Waals surface area (Å²) >= 11 is 1.35. The molecular weight excluding hydrogens is 408 g/mol. The van der Waals surface area contributed by atoms with Gasteiger partial charge in [0.25, 0.3) is 5.91 Å². The van der Waals surface area contributed by atoms with Gasteiger partial charge in [-0.1, -0.05) is 60.7 Å². The van der Waals surface area contributed by atoms with Gasteiger partial charge in [-0.15, -0.1) is 0 Å². The van der Waals surface area contributed by atoms with Crippen LogP contribution in [0.3, 0.4) is 0 Å². The number of hydrogen-bond donors (Lipinski definition) is 0. The van der Waals surface area contributed by atoms with Gasteiger partial charge in [-0.3, -0.25) is 9.69 Å². The number of nitrogens with zero attached hydrogens (tertiary/aromatic N) is 2. The lowest BCUT2D eigenvalue weighted by Gasteiger charge is -2.15. The van der Waals surface area contributed by atoms with E-state index in [9.17, 15) is 9.59 Å². The Morgan fingerprint density at radius 2 is 1.61 bits per heavy atom. The molecule has 0 radical (unpaired) electrons. The van der Waals surface area contributed by atoms with Crippen molar-refractivity contribution in [1.82, 2.24) is 4.90 Å². The second kappa shape index (κ2) is 9.45. The van der Waals surface area contributed by atoms with Crippen molar-refractivity contribution in [2.45, 2.75) is 6.54 Å². The average molecular weight is 429 g/mol. The molecule has 0 bridgehead atoms. The molecule has 6 heteroatoms. The maximum atomic E-state index is 13.2. The summed E-state index contributed by atoms with van der Waals surface area (Å²) in [7, 11) is 1.35. The van der Waals surface area contributed by atoms with Crippen LogP contribution in [0.15, 0.2) is 94.8 Å². The van der Waals surface area contributed by atoms with E-state index in [0.717, 1.165) is 16.8 Å². The Morgan fingerprint density at radius 3 is 2.26 bits per heavy atom. The standard InChI is InChI=1S/C25H20N2O3S/c1-30-24(29)20-14-12-18(13-15-20)16-22-23(28)27(17-19-8-4-2-5-9-19)25(31-22)26-21-10-6-3-7-11-21/h2-16H,17H2,1H3. The van der Waals surface area contributed by atoms with Gasteiger partial charge < -0.3 is 4.74 Å². The minimum absolute atomic E-state index is 0.0967. The highest BCUT2D eigenvalue weighted by Gasteiger charge is 2.33. The zero-order valence-electron chi connectivity index (χ0n) is 16.9. The fourth-order valence-electron chi connectivity index (χ4n) is 3.09. The molecule has 1 aliphatic rings. The lowest BCUT2D eigenvalue weighted by atomic mass is 10.1. The van der Waals surface area contributed by atoms with Crippen LogP contribution in [0.5, 0.6) is 0 Å². The lowest BCUT2D eigenvalue weighted by Crippen LogP contribution is -2.28. The van der Waals surface area contributed by atoms with Gasteiger partial charge in [0.05, 0.1) is 29.8 Å². The summed E-state index contributed by atoms with van der Waals surface area (Å²) in [5.74, 6) is -0.489. The molecule has 1 saturated heterocycles. The van der Waals surface area contributed by atoms with Gasteiger partial charge >= 0.3 is 5.97 Å². The van der Waals surface area contributed by atoms with Crippen molar-refractivity contribution in [3.8, 4) is 0 Å². The van der Waals surface area contributed by atoms with E-state index in [4.69, 9.17) is 9.73 Å². The zero-order valence-corrected chi connectivity index (χ0v) is 17.7. The van der Waals surface area contributed by atoms with Crippen molar-refractivity contribution in [3.05, 3.63) is 107 Å². The van der Waals surface area contributed by atoms with Gasteiger partial charge in [0.15, 0.2) is 5.17 Å². The van der Waals surface area contributed by atoms with Crippen LogP contribution in [0.4, 0.5) is 5.69 Å². The monoisotopic (exact) mass is 428 g/mol. The second-order valence-electron chi connectivity index (χ2n) is 6.83. The highest BCUT2D eigenvalue weighted by Crippen LogP contribution is 2.35. The Hall–Kier alpha value is -3.64.